The largest absolute Gasteiger partial charge is 0.478 e. The van der Waals surface area contributed by atoms with Crippen molar-refractivity contribution in [2.24, 2.45) is 17.3 Å². The van der Waals surface area contributed by atoms with Crippen LogP contribution < -0.4 is 5.32 Å². The predicted octanol–water partition coefficient (Wildman–Crippen LogP) is 4.89. The van der Waals surface area contributed by atoms with Crippen molar-refractivity contribution in [1.82, 2.24) is 10.2 Å². The zero-order chi connectivity index (χ0) is 24.1. The van der Waals surface area contributed by atoms with Crippen molar-refractivity contribution in [3.63, 3.8) is 0 Å². The Bertz CT molecular complexity index is 564. The molecule has 0 fully saturated rings. The van der Waals surface area contributed by atoms with E-state index in [-0.39, 0.29) is 35.9 Å². The summed E-state index contributed by atoms with van der Waals surface area (Å²) in [6, 6.07) is -0.344. The first-order chi connectivity index (χ1) is 13.8. The van der Waals surface area contributed by atoms with Gasteiger partial charge in [-0.25, -0.2) is 4.79 Å². The van der Waals surface area contributed by atoms with Crippen molar-refractivity contribution < 1.29 is 19.5 Å². The highest BCUT2D eigenvalue weighted by atomic mass is 16.4. The zero-order valence-electron chi connectivity index (χ0n) is 21.0. The number of amides is 2. The minimum Gasteiger partial charge on any atom is -0.478 e. The van der Waals surface area contributed by atoms with Gasteiger partial charge in [0.05, 0.1) is 12.6 Å². The van der Waals surface area contributed by atoms with Gasteiger partial charge in [-0.1, -0.05) is 67.9 Å². The number of carbonyl (C=O) groups is 3. The van der Waals surface area contributed by atoms with E-state index in [0.29, 0.717) is 5.92 Å². The Morgan fingerprint density at radius 3 is 1.83 bits per heavy atom. The van der Waals surface area contributed by atoms with Gasteiger partial charge in [0.2, 0.25) is 11.8 Å². The van der Waals surface area contributed by atoms with Crippen molar-refractivity contribution in [2.75, 3.05) is 13.6 Å². The van der Waals surface area contributed by atoms with Crippen molar-refractivity contribution in [1.29, 1.82) is 0 Å². The maximum atomic E-state index is 12.8. The first kappa shape index (κ1) is 30.3. The van der Waals surface area contributed by atoms with Crippen LogP contribution in [0.1, 0.15) is 88.0 Å². The molecular formula is C24H46N2O4. The normalized spacial score (nSPS) is 12.9. The summed E-state index contributed by atoms with van der Waals surface area (Å²) in [5.74, 6) is -0.874. The fourth-order valence-corrected chi connectivity index (χ4v) is 3.45. The summed E-state index contributed by atoms with van der Waals surface area (Å²) in [4.78, 5) is 38.0. The monoisotopic (exact) mass is 426 g/mol. The zero-order valence-corrected chi connectivity index (χ0v) is 21.0. The van der Waals surface area contributed by atoms with Crippen molar-refractivity contribution in [2.45, 2.75) is 94.0 Å². The number of aliphatic carboxylic acids is 1. The van der Waals surface area contributed by atoms with Crippen LogP contribution in [0.3, 0.4) is 0 Å². The topological polar surface area (TPSA) is 86.7 Å². The van der Waals surface area contributed by atoms with Crippen LogP contribution in [-0.4, -0.2) is 47.4 Å². The van der Waals surface area contributed by atoms with E-state index in [1.807, 2.05) is 27.7 Å². The van der Waals surface area contributed by atoms with E-state index in [2.05, 4.69) is 33.0 Å². The molecule has 0 saturated heterocycles. The van der Waals surface area contributed by atoms with Crippen LogP contribution >= 0.6 is 0 Å². The SMILES string of the molecule is CCC.CCC(CC)(CC(C)C)C(=O)NCC(=O)N(C)[C@H](/C=C(\C)C(=O)O)C(C)C. The third-order valence-electron chi connectivity index (χ3n) is 5.32. The summed E-state index contributed by atoms with van der Waals surface area (Å²) >= 11 is 0. The Balaban J connectivity index is 0. The molecule has 0 rings (SSSR count). The molecule has 176 valence electrons. The first-order valence-corrected chi connectivity index (χ1v) is 11.3. The summed E-state index contributed by atoms with van der Waals surface area (Å²) in [5, 5.41) is 11.9. The fraction of sp³-hybridized carbons (Fsp3) is 0.792. The number of nitrogens with zero attached hydrogens (tertiary/aromatic N) is 1. The van der Waals surface area contributed by atoms with Crippen LogP contribution in [0.2, 0.25) is 0 Å². The molecule has 0 aliphatic rings. The van der Waals surface area contributed by atoms with Gasteiger partial charge < -0.3 is 15.3 Å². The lowest BCUT2D eigenvalue weighted by Crippen LogP contribution is -2.48. The van der Waals surface area contributed by atoms with Crippen LogP contribution in [0.25, 0.3) is 0 Å². The molecule has 30 heavy (non-hydrogen) atoms. The lowest BCUT2D eigenvalue weighted by Gasteiger charge is -2.33. The van der Waals surface area contributed by atoms with Gasteiger partial charge in [-0.2, -0.15) is 0 Å². The van der Waals surface area contributed by atoms with Crippen LogP contribution in [0.4, 0.5) is 0 Å². The summed E-state index contributed by atoms with van der Waals surface area (Å²) in [6.07, 6.45) is 5.08. The maximum absolute atomic E-state index is 12.8. The van der Waals surface area contributed by atoms with Gasteiger partial charge in [0.15, 0.2) is 0 Å². The molecule has 0 unspecified atom stereocenters. The van der Waals surface area contributed by atoms with Gasteiger partial charge in [0.25, 0.3) is 0 Å². The predicted molar refractivity (Wildman–Crippen MR) is 124 cm³/mol. The summed E-state index contributed by atoms with van der Waals surface area (Å²) < 4.78 is 0. The molecule has 0 saturated carbocycles. The Kier molecular flexibility index (Phi) is 15.2. The van der Waals surface area contributed by atoms with Gasteiger partial charge in [-0.05, 0) is 38.0 Å². The molecule has 2 N–H and O–H groups in total. The third kappa shape index (κ3) is 10.3. The van der Waals surface area contributed by atoms with Gasteiger partial charge >= 0.3 is 5.97 Å². The van der Waals surface area contributed by atoms with Gasteiger partial charge in [0, 0.05) is 18.0 Å². The second-order valence-electron chi connectivity index (χ2n) is 8.87. The van der Waals surface area contributed by atoms with Gasteiger partial charge in [0.1, 0.15) is 0 Å². The van der Waals surface area contributed by atoms with E-state index in [4.69, 9.17) is 5.11 Å². The molecule has 1 atom stereocenters. The lowest BCUT2D eigenvalue weighted by atomic mass is 9.75. The summed E-state index contributed by atoms with van der Waals surface area (Å²) in [5.41, 5.74) is -0.255. The maximum Gasteiger partial charge on any atom is 0.331 e. The average molecular weight is 427 g/mol. The molecule has 0 bridgehead atoms. The number of likely N-dealkylation sites (N-methyl/N-ethyl adjacent to an activating group) is 1. The van der Waals surface area contributed by atoms with E-state index in [1.54, 1.807) is 13.1 Å². The molecule has 2 amide bonds. The molecule has 0 aromatic rings. The second-order valence-corrected chi connectivity index (χ2v) is 8.87. The molecule has 0 aromatic carbocycles. The third-order valence-corrected chi connectivity index (χ3v) is 5.32. The molecule has 0 heterocycles. The smallest absolute Gasteiger partial charge is 0.331 e. The van der Waals surface area contributed by atoms with Gasteiger partial charge in [-0.15, -0.1) is 0 Å². The van der Waals surface area contributed by atoms with Crippen LogP contribution in [0.5, 0.6) is 0 Å². The Labute approximate surface area is 184 Å². The fourth-order valence-electron chi connectivity index (χ4n) is 3.45. The molecule has 6 heteroatoms. The number of rotatable bonds is 11. The summed E-state index contributed by atoms with van der Waals surface area (Å²) in [6.45, 7) is 17.7. The van der Waals surface area contributed by atoms with Crippen LogP contribution in [0.15, 0.2) is 11.6 Å². The van der Waals surface area contributed by atoms with Crippen LogP contribution in [0, 0.1) is 17.3 Å². The molecule has 0 aromatic heterocycles. The van der Waals surface area contributed by atoms with Crippen molar-refractivity contribution in [3.8, 4) is 0 Å². The van der Waals surface area contributed by atoms with Gasteiger partial charge in [-0.3, -0.25) is 9.59 Å². The minimum absolute atomic E-state index is 0.0512. The highest BCUT2D eigenvalue weighted by molar-refractivity contribution is 5.88. The van der Waals surface area contributed by atoms with Crippen molar-refractivity contribution >= 4 is 17.8 Å². The van der Waals surface area contributed by atoms with Crippen molar-refractivity contribution in [3.05, 3.63) is 11.6 Å². The molecule has 0 spiro atoms. The first-order valence-electron chi connectivity index (χ1n) is 11.3. The number of hydrogen-bond donors (Lipinski definition) is 2. The highest BCUT2D eigenvalue weighted by Gasteiger charge is 2.35. The molecule has 0 radical (unpaired) electrons. The minimum atomic E-state index is -1.00. The number of nitrogens with one attached hydrogen (secondary N) is 1. The standard InChI is InChI=1S/C21H38N2O4.C3H8/c1-9-21(10-2,12-14(3)4)20(27)22-13-18(24)23(8)17(15(5)6)11-16(7)19(25)26;1-3-2/h11,14-15,17H,9-10,12-13H2,1-8H3,(H,22,27)(H,25,26);3H2,1-2H3/b16-11+;/t17-;/m1./s1. The number of carbonyl (C=O) groups excluding carboxylic acids is 2. The number of carboxylic acid groups (broad SMARTS) is 1. The highest BCUT2D eigenvalue weighted by Crippen LogP contribution is 2.34. The average Bonchev–Trinajstić information content (AvgIpc) is 2.67. The summed E-state index contributed by atoms with van der Waals surface area (Å²) in [7, 11) is 1.64. The second kappa shape index (κ2) is 15.0. The van der Waals surface area contributed by atoms with E-state index in [0.717, 1.165) is 19.3 Å². The lowest BCUT2D eigenvalue weighted by molar-refractivity contribution is -0.137. The molecule has 0 aliphatic carbocycles. The van der Waals surface area contributed by atoms with E-state index < -0.39 is 11.4 Å². The molecule has 6 nitrogen and oxygen atoms in total. The Morgan fingerprint density at radius 1 is 1.03 bits per heavy atom. The van der Waals surface area contributed by atoms with E-state index in [1.165, 1.54) is 18.2 Å². The van der Waals surface area contributed by atoms with Crippen LogP contribution in [-0.2, 0) is 14.4 Å². The Morgan fingerprint density at radius 2 is 1.50 bits per heavy atom. The molecule has 0 aliphatic heterocycles. The number of carboxylic acids is 1. The molecular weight excluding hydrogens is 380 g/mol. The Hall–Kier alpha value is -1.85. The van der Waals surface area contributed by atoms with E-state index in [9.17, 15) is 14.4 Å². The van der Waals surface area contributed by atoms with E-state index >= 15 is 0 Å². The number of hydrogen-bond acceptors (Lipinski definition) is 3. The quantitative estimate of drug-likeness (QED) is 0.461.